The Labute approximate surface area is 163 Å². The molecule has 7 heteroatoms. The van der Waals surface area contributed by atoms with Crippen LogP contribution in [0.5, 0.6) is 0 Å². The van der Waals surface area contributed by atoms with Gasteiger partial charge in [-0.2, -0.15) is 0 Å². The molecular formula is C19H25ClN4OS. The smallest absolute Gasteiger partial charge is 0.233 e. The molecule has 1 aliphatic carbocycles. The molecular weight excluding hydrogens is 368 g/mol. The number of nitrogens with one attached hydrogen (secondary N) is 1. The summed E-state index contributed by atoms with van der Waals surface area (Å²) < 4.78 is 1.89. The van der Waals surface area contributed by atoms with Gasteiger partial charge in [0.2, 0.25) is 5.91 Å². The number of thioether (sulfide) groups is 1. The Morgan fingerprint density at radius 1 is 1.31 bits per heavy atom. The number of amides is 1. The molecule has 3 atom stereocenters. The van der Waals surface area contributed by atoms with E-state index in [1.165, 1.54) is 31.0 Å². The predicted molar refractivity (Wildman–Crippen MR) is 106 cm³/mol. The minimum Gasteiger partial charge on any atom is -0.352 e. The van der Waals surface area contributed by atoms with Gasteiger partial charge in [0.15, 0.2) is 11.0 Å². The number of rotatable bonds is 5. The van der Waals surface area contributed by atoms with E-state index in [0.29, 0.717) is 21.9 Å². The number of nitrogens with zero attached hydrogens (tertiary/aromatic N) is 3. The van der Waals surface area contributed by atoms with Crippen molar-refractivity contribution < 1.29 is 4.79 Å². The van der Waals surface area contributed by atoms with Crippen LogP contribution in [0, 0.1) is 5.92 Å². The van der Waals surface area contributed by atoms with Crippen molar-refractivity contribution in [1.29, 1.82) is 0 Å². The summed E-state index contributed by atoms with van der Waals surface area (Å²) in [5.74, 6) is 1.31. The molecule has 1 aromatic carbocycles. The fraction of sp³-hybridized carbons (Fsp3) is 0.526. The molecule has 5 nitrogen and oxygen atoms in total. The highest BCUT2D eigenvalue weighted by Crippen LogP contribution is 2.30. The van der Waals surface area contributed by atoms with Gasteiger partial charge in [-0.3, -0.25) is 4.79 Å². The SMILES string of the molecule is C[C@@H](Sc1nnc(-c2ccccc2Cl)n1C)C(=O)N[C@@H]1CCCC[C@@H]1C. The van der Waals surface area contributed by atoms with Gasteiger partial charge in [0.05, 0.1) is 10.3 Å². The van der Waals surface area contributed by atoms with Crippen LogP contribution < -0.4 is 5.32 Å². The molecule has 1 fully saturated rings. The normalized spacial score (nSPS) is 21.4. The van der Waals surface area contributed by atoms with E-state index < -0.39 is 0 Å². The third kappa shape index (κ3) is 4.23. The van der Waals surface area contributed by atoms with E-state index in [1.54, 1.807) is 0 Å². The van der Waals surface area contributed by atoms with Crippen molar-refractivity contribution in [1.82, 2.24) is 20.1 Å². The van der Waals surface area contributed by atoms with Gasteiger partial charge < -0.3 is 9.88 Å². The van der Waals surface area contributed by atoms with E-state index in [2.05, 4.69) is 22.4 Å². The Kier molecular flexibility index (Phi) is 6.24. The maximum Gasteiger partial charge on any atom is 0.233 e. The first-order valence-corrected chi connectivity index (χ1v) is 10.3. The Balaban J connectivity index is 1.67. The van der Waals surface area contributed by atoms with Crippen molar-refractivity contribution in [2.24, 2.45) is 13.0 Å². The first-order chi connectivity index (χ1) is 12.5. The minimum absolute atomic E-state index is 0.0658. The summed E-state index contributed by atoms with van der Waals surface area (Å²) in [4.78, 5) is 12.6. The van der Waals surface area contributed by atoms with Gasteiger partial charge in [-0.1, -0.05) is 55.3 Å². The van der Waals surface area contributed by atoms with Crippen molar-refractivity contribution in [3.05, 3.63) is 29.3 Å². The lowest BCUT2D eigenvalue weighted by Crippen LogP contribution is -2.44. The molecule has 140 valence electrons. The topological polar surface area (TPSA) is 59.8 Å². The first-order valence-electron chi connectivity index (χ1n) is 9.08. The number of hydrogen-bond donors (Lipinski definition) is 1. The predicted octanol–water partition coefficient (Wildman–Crippen LogP) is 4.31. The van der Waals surface area contributed by atoms with Gasteiger partial charge in [-0.15, -0.1) is 10.2 Å². The molecule has 0 spiro atoms. The Morgan fingerprint density at radius 2 is 2.04 bits per heavy atom. The Hall–Kier alpha value is -1.53. The summed E-state index contributed by atoms with van der Waals surface area (Å²) in [5.41, 5.74) is 0.837. The second-order valence-electron chi connectivity index (χ2n) is 6.98. The van der Waals surface area contributed by atoms with Gasteiger partial charge >= 0.3 is 0 Å². The lowest BCUT2D eigenvalue weighted by atomic mass is 9.86. The van der Waals surface area contributed by atoms with Gasteiger partial charge in [-0.25, -0.2) is 0 Å². The van der Waals surface area contributed by atoms with Crippen LogP contribution in [0.1, 0.15) is 39.5 Å². The zero-order valence-corrected chi connectivity index (χ0v) is 17.0. The highest BCUT2D eigenvalue weighted by atomic mass is 35.5. The second-order valence-corrected chi connectivity index (χ2v) is 8.70. The number of benzene rings is 1. The molecule has 26 heavy (non-hydrogen) atoms. The van der Waals surface area contributed by atoms with Crippen LogP contribution in [0.2, 0.25) is 5.02 Å². The monoisotopic (exact) mass is 392 g/mol. The van der Waals surface area contributed by atoms with Gasteiger partial charge in [0, 0.05) is 18.7 Å². The van der Waals surface area contributed by atoms with Crippen LogP contribution in [-0.2, 0) is 11.8 Å². The van der Waals surface area contributed by atoms with Crippen LogP contribution in [-0.4, -0.2) is 32.0 Å². The zero-order valence-electron chi connectivity index (χ0n) is 15.4. The molecule has 3 rings (SSSR count). The molecule has 0 saturated heterocycles. The number of aromatic nitrogens is 3. The number of hydrogen-bond acceptors (Lipinski definition) is 4. The third-order valence-corrected chi connectivity index (χ3v) is 6.50. The molecule has 0 bridgehead atoms. The van der Waals surface area contributed by atoms with E-state index in [1.807, 2.05) is 42.8 Å². The second kappa shape index (κ2) is 8.44. The van der Waals surface area contributed by atoms with Crippen LogP contribution >= 0.6 is 23.4 Å². The highest BCUT2D eigenvalue weighted by molar-refractivity contribution is 8.00. The van der Waals surface area contributed by atoms with Crippen molar-refractivity contribution >= 4 is 29.3 Å². The van der Waals surface area contributed by atoms with Crippen LogP contribution in [0.3, 0.4) is 0 Å². The molecule has 0 unspecified atom stereocenters. The molecule has 1 aromatic heterocycles. The Bertz CT molecular complexity index is 779. The molecule has 2 aromatic rings. The minimum atomic E-state index is -0.230. The summed E-state index contributed by atoms with van der Waals surface area (Å²) in [6.45, 7) is 4.14. The standard InChI is InChI=1S/C19H25ClN4OS/c1-12-8-4-7-11-16(12)21-18(25)13(2)26-19-23-22-17(24(19)3)14-9-5-6-10-15(14)20/h5-6,9-10,12-13,16H,4,7-8,11H2,1-3H3,(H,21,25)/t12-,13+,16+/m0/s1. The molecule has 0 radical (unpaired) electrons. The fourth-order valence-corrected chi connectivity index (χ4v) is 4.38. The number of carbonyl (C=O) groups excluding carboxylic acids is 1. The maximum absolute atomic E-state index is 12.6. The van der Waals surface area contributed by atoms with E-state index in [0.717, 1.165) is 12.0 Å². The van der Waals surface area contributed by atoms with Gasteiger partial charge in [0.25, 0.3) is 0 Å². The van der Waals surface area contributed by atoms with Crippen LogP contribution in [0.25, 0.3) is 11.4 Å². The molecule has 1 heterocycles. The van der Waals surface area contributed by atoms with Crippen molar-refractivity contribution in [3.8, 4) is 11.4 Å². The molecule has 1 saturated carbocycles. The molecule has 1 amide bonds. The first kappa shape index (κ1) is 19.2. The zero-order chi connectivity index (χ0) is 18.7. The summed E-state index contributed by atoms with van der Waals surface area (Å²) in [7, 11) is 1.90. The molecule has 1 N–H and O–H groups in total. The summed E-state index contributed by atoms with van der Waals surface area (Å²) in [5, 5.41) is 12.8. The largest absolute Gasteiger partial charge is 0.352 e. The Morgan fingerprint density at radius 3 is 2.77 bits per heavy atom. The highest BCUT2D eigenvalue weighted by Gasteiger charge is 2.26. The average Bonchev–Trinajstić information content (AvgIpc) is 2.98. The lowest BCUT2D eigenvalue weighted by molar-refractivity contribution is -0.121. The summed E-state index contributed by atoms with van der Waals surface area (Å²) >= 11 is 7.69. The molecule has 1 aliphatic rings. The van der Waals surface area contributed by atoms with Crippen molar-refractivity contribution in [2.75, 3.05) is 0 Å². The fourth-order valence-electron chi connectivity index (χ4n) is 3.34. The van der Waals surface area contributed by atoms with E-state index in [4.69, 9.17) is 11.6 Å². The van der Waals surface area contributed by atoms with Crippen molar-refractivity contribution in [2.45, 2.75) is 56.0 Å². The van der Waals surface area contributed by atoms with E-state index in [-0.39, 0.29) is 17.2 Å². The van der Waals surface area contributed by atoms with Gasteiger partial charge in [-0.05, 0) is 37.8 Å². The van der Waals surface area contributed by atoms with Gasteiger partial charge in [0.1, 0.15) is 0 Å². The van der Waals surface area contributed by atoms with Crippen LogP contribution in [0.15, 0.2) is 29.4 Å². The van der Waals surface area contributed by atoms with Crippen LogP contribution in [0.4, 0.5) is 0 Å². The van der Waals surface area contributed by atoms with E-state index in [9.17, 15) is 4.79 Å². The summed E-state index contributed by atoms with van der Waals surface area (Å²) in [6, 6.07) is 7.85. The lowest BCUT2D eigenvalue weighted by Gasteiger charge is -2.30. The maximum atomic E-state index is 12.6. The molecule has 0 aliphatic heterocycles. The average molecular weight is 393 g/mol. The number of halogens is 1. The van der Waals surface area contributed by atoms with E-state index >= 15 is 0 Å². The quantitative estimate of drug-likeness (QED) is 0.770. The third-order valence-electron chi connectivity index (χ3n) is 5.04. The van der Waals surface area contributed by atoms with Crippen molar-refractivity contribution in [3.63, 3.8) is 0 Å². The summed E-state index contributed by atoms with van der Waals surface area (Å²) in [6.07, 6.45) is 4.73. The number of carbonyl (C=O) groups is 1.